The number of esters is 2. The van der Waals surface area contributed by atoms with Crippen molar-refractivity contribution in [1.29, 1.82) is 0 Å². The molecular formula is C27H32O9. The molecule has 1 aromatic rings. The lowest BCUT2D eigenvalue weighted by Gasteiger charge is -2.65. The highest BCUT2D eigenvalue weighted by Gasteiger charge is 2.89. The molecule has 9 nitrogen and oxygen atoms in total. The number of fused-ring (bicyclic) bond motifs is 3. The number of epoxide rings is 1. The number of carbonyl (C=O) groups excluding carboxylic acids is 3. The smallest absolute Gasteiger partial charge is 0.339 e. The minimum absolute atomic E-state index is 0.198. The average molecular weight is 501 g/mol. The van der Waals surface area contributed by atoms with E-state index >= 15 is 0 Å². The van der Waals surface area contributed by atoms with Gasteiger partial charge in [0.2, 0.25) is 0 Å². The molecule has 0 radical (unpaired) electrons. The van der Waals surface area contributed by atoms with Crippen molar-refractivity contribution in [1.82, 2.24) is 0 Å². The molecule has 9 heteroatoms. The Morgan fingerprint density at radius 2 is 1.94 bits per heavy atom. The second kappa shape index (κ2) is 7.08. The molecule has 0 unspecified atom stereocenters. The summed E-state index contributed by atoms with van der Waals surface area (Å²) in [6, 6.07) is 1.76. The Kier molecular flexibility index (Phi) is 4.70. The molecule has 4 heterocycles. The maximum atomic E-state index is 14.1. The van der Waals surface area contributed by atoms with Crippen LogP contribution in [0.25, 0.3) is 0 Å². The van der Waals surface area contributed by atoms with Gasteiger partial charge in [-0.15, -0.1) is 0 Å². The first-order valence-corrected chi connectivity index (χ1v) is 12.4. The van der Waals surface area contributed by atoms with Gasteiger partial charge in [-0.3, -0.25) is 4.79 Å². The average Bonchev–Trinajstić information content (AvgIpc) is 3.29. The molecule has 6 rings (SSSR count). The van der Waals surface area contributed by atoms with Crippen molar-refractivity contribution in [3.63, 3.8) is 0 Å². The fourth-order valence-electron chi connectivity index (χ4n) is 8.77. The summed E-state index contributed by atoms with van der Waals surface area (Å²) in [5.41, 5.74) is -4.05. The van der Waals surface area contributed by atoms with Crippen LogP contribution in [-0.4, -0.2) is 60.0 Å². The standard InChI is InChI=1S/C27H32O9/c1-23(2)18-17(29)19(30)25(4)15(26(18,13-34-23)10-7-16(28)32-5)6-9-24(3)20(14-8-11-33-12-14)35-22(31)21-27(24,25)36-21/h7-8,10-12,15,18-21,30H,6,9,13H2,1-5H3/t15-,18+,19-,20-,21+,24-,25-,26+,27+/m0/s1. The first kappa shape index (κ1) is 23.9. The van der Waals surface area contributed by atoms with Gasteiger partial charge in [-0.1, -0.05) is 19.9 Å². The molecule has 36 heavy (non-hydrogen) atoms. The fourth-order valence-corrected chi connectivity index (χ4v) is 8.77. The second-order valence-electron chi connectivity index (χ2n) is 12.0. The number of methoxy groups -OCH3 is 1. The number of ketones is 1. The van der Waals surface area contributed by atoms with Crippen LogP contribution in [0.5, 0.6) is 0 Å². The summed E-state index contributed by atoms with van der Waals surface area (Å²) in [5.74, 6) is -2.41. The molecule has 1 N–H and O–H groups in total. The molecule has 0 amide bonds. The Morgan fingerprint density at radius 1 is 1.19 bits per heavy atom. The van der Waals surface area contributed by atoms with E-state index in [9.17, 15) is 19.5 Å². The first-order valence-electron chi connectivity index (χ1n) is 12.4. The van der Waals surface area contributed by atoms with Crippen LogP contribution in [0.1, 0.15) is 52.2 Å². The Labute approximate surface area is 209 Å². The van der Waals surface area contributed by atoms with Crippen LogP contribution in [0, 0.1) is 28.1 Å². The van der Waals surface area contributed by atoms with Gasteiger partial charge in [0.1, 0.15) is 17.8 Å². The lowest BCUT2D eigenvalue weighted by Crippen LogP contribution is -2.74. The van der Waals surface area contributed by atoms with Crippen LogP contribution < -0.4 is 0 Å². The fraction of sp³-hybridized carbons (Fsp3) is 0.667. The zero-order valence-electron chi connectivity index (χ0n) is 21.1. The molecule has 5 aliphatic rings. The molecular weight excluding hydrogens is 468 g/mol. The molecule has 194 valence electrons. The van der Waals surface area contributed by atoms with Gasteiger partial charge in [0.15, 0.2) is 11.9 Å². The number of hydrogen-bond donors (Lipinski definition) is 1. The predicted molar refractivity (Wildman–Crippen MR) is 122 cm³/mol. The number of furan rings is 1. The SMILES string of the molecule is COC(=O)C=C[C@]12COC(C)(C)[C@H]1C(=O)[C@H](O)[C@]1(C)[C@@H]2CC[C@@]2(C)[C@H](c3ccoc3)OC(=O)[C@H]3O[C@@]312. The van der Waals surface area contributed by atoms with Crippen LogP contribution in [0.2, 0.25) is 0 Å². The summed E-state index contributed by atoms with van der Waals surface area (Å²) in [6.45, 7) is 7.75. The number of hydrogen-bond acceptors (Lipinski definition) is 9. The van der Waals surface area contributed by atoms with Gasteiger partial charge in [0.25, 0.3) is 0 Å². The minimum atomic E-state index is -1.39. The number of carbonyl (C=O) groups is 3. The molecule has 0 aromatic carbocycles. The molecule has 2 saturated carbocycles. The van der Waals surface area contributed by atoms with Crippen molar-refractivity contribution in [3.8, 4) is 0 Å². The normalized spacial score (nSPS) is 48.4. The van der Waals surface area contributed by atoms with E-state index in [-0.39, 0.29) is 18.3 Å². The van der Waals surface area contributed by atoms with E-state index in [0.29, 0.717) is 18.4 Å². The number of aliphatic hydroxyl groups is 1. The molecule has 1 spiro atoms. The maximum Gasteiger partial charge on any atom is 0.339 e. The third-order valence-electron chi connectivity index (χ3n) is 10.2. The van der Waals surface area contributed by atoms with E-state index in [1.54, 1.807) is 18.4 Å². The van der Waals surface area contributed by atoms with E-state index in [4.69, 9.17) is 23.4 Å². The lowest BCUT2D eigenvalue weighted by molar-refractivity contribution is -0.231. The van der Waals surface area contributed by atoms with E-state index in [1.807, 2.05) is 27.7 Å². The van der Waals surface area contributed by atoms with Crippen LogP contribution in [0.15, 0.2) is 35.2 Å². The summed E-state index contributed by atoms with van der Waals surface area (Å²) >= 11 is 0. The zero-order valence-corrected chi connectivity index (χ0v) is 21.1. The van der Waals surface area contributed by atoms with Crippen molar-refractivity contribution < 1.29 is 42.9 Å². The molecule has 3 aliphatic heterocycles. The highest BCUT2D eigenvalue weighted by Crippen LogP contribution is 2.79. The highest BCUT2D eigenvalue weighted by atomic mass is 16.7. The third kappa shape index (κ3) is 2.49. The number of Topliss-reactive ketones (excluding diaryl/α,β-unsaturated/α-hetero) is 1. The van der Waals surface area contributed by atoms with Gasteiger partial charge in [-0.2, -0.15) is 0 Å². The lowest BCUT2D eigenvalue weighted by atomic mass is 9.37. The zero-order chi connectivity index (χ0) is 25.9. The van der Waals surface area contributed by atoms with Crippen LogP contribution in [-0.2, 0) is 33.3 Å². The van der Waals surface area contributed by atoms with E-state index < -0.39 is 63.6 Å². The molecule has 1 aromatic heterocycles. The van der Waals surface area contributed by atoms with Crippen molar-refractivity contribution in [2.75, 3.05) is 13.7 Å². The first-order chi connectivity index (χ1) is 16.9. The van der Waals surface area contributed by atoms with E-state index in [1.165, 1.54) is 19.4 Å². The minimum Gasteiger partial charge on any atom is -0.472 e. The molecule has 2 aliphatic carbocycles. The van der Waals surface area contributed by atoms with Gasteiger partial charge in [-0.25, -0.2) is 9.59 Å². The van der Waals surface area contributed by atoms with Crippen molar-refractivity contribution in [3.05, 3.63) is 36.3 Å². The summed E-state index contributed by atoms with van der Waals surface area (Å²) in [6.07, 6.45) is 4.44. The highest BCUT2D eigenvalue weighted by molar-refractivity contribution is 5.92. The van der Waals surface area contributed by atoms with Gasteiger partial charge in [-0.05, 0) is 38.7 Å². The largest absolute Gasteiger partial charge is 0.472 e. The number of aliphatic hydroxyl groups excluding tert-OH is 1. The van der Waals surface area contributed by atoms with Gasteiger partial charge in [0, 0.05) is 27.9 Å². The van der Waals surface area contributed by atoms with Crippen LogP contribution in [0.3, 0.4) is 0 Å². The van der Waals surface area contributed by atoms with Crippen molar-refractivity contribution in [2.24, 2.45) is 28.1 Å². The van der Waals surface area contributed by atoms with Gasteiger partial charge < -0.3 is 28.5 Å². The molecule has 3 saturated heterocycles. The Morgan fingerprint density at radius 3 is 2.61 bits per heavy atom. The van der Waals surface area contributed by atoms with Crippen LogP contribution in [0.4, 0.5) is 0 Å². The van der Waals surface area contributed by atoms with Gasteiger partial charge in [0.05, 0.1) is 37.8 Å². The Hall–Kier alpha value is -2.49. The van der Waals surface area contributed by atoms with Crippen LogP contribution >= 0.6 is 0 Å². The predicted octanol–water partition coefficient (Wildman–Crippen LogP) is 2.52. The summed E-state index contributed by atoms with van der Waals surface area (Å²) in [5, 5.41) is 11.8. The Balaban J connectivity index is 1.55. The molecule has 0 bridgehead atoms. The summed E-state index contributed by atoms with van der Waals surface area (Å²) in [7, 11) is 1.30. The monoisotopic (exact) mass is 500 g/mol. The van der Waals surface area contributed by atoms with Crippen molar-refractivity contribution >= 4 is 17.7 Å². The summed E-state index contributed by atoms with van der Waals surface area (Å²) in [4.78, 5) is 39.4. The molecule has 5 fully saturated rings. The number of ether oxygens (including phenoxy) is 4. The Bertz CT molecular complexity index is 1170. The van der Waals surface area contributed by atoms with Crippen molar-refractivity contribution in [2.45, 2.75) is 70.1 Å². The molecule has 9 atom stereocenters. The number of cyclic esters (lactones) is 1. The van der Waals surface area contributed by atoms with Gasteiger partial charge >= 0.3 is 11.9 Å². The summed E-state index contributed by atoms with van der Waals surface area (Å²) < 4.78 is 28.6. The maximum absolute atomic E-state index is 14.1. The second-order valence-corrected chi connectivity index (χ2v) is 12.0. The topological polar surface area (TPSA) is 125 Å². The van der Waals surface area contributed by atoms with E-state index in [2.05, 4.69) is 0 Å². The van der Waals surface area contributed by atoms with E-state index in [0.717, 1.165) is 0 Å². The quantitative estimate of drug-likeness (QED) is 0.379. The number of rotatable bonds is 3. The third-order valence-corrected chi connectivity index (χ3v) is 10.2.